The van der Waals surface area contributed by atoms with Gasteiger partial charge in [0.2, 0.25) is 0 Å². The van der Waals surface area contributed by atoms with Gasteiger partial charge in [-0.15, -0.1) is 0 Å². The molecule has 4 aromatic rings. The van der Waals surface area contributed by atoms with Gasteiger partial charge in [0.15, 0.2) is 6.23 Å². The maximum absolute atomic E-state index is 11.9. The average Bonchev–Trinajstić information content (AvgIpc) is 3.35. The lowest BCUT2D eigenvalue weighted by Gasteiger charge is -2.23. The molecule has 1 aliphatic rings. The van der Waals surface area contributed by atoms with Gasteiger partial charge in [0.05, 0.1) is 17.3 Å². The second-order valence-corrected chi connectivity index (χ2v) is 9.09. The Morgan fingerprint density at radius 2 is 1.78 bits per heavy atom. The highest BCUT2D eigenvalue weighted by molar-refractivity contribution is 6.17. The summed E-state index contributed by atoms with van der Waals surface area (Å²) in [5, 5.41) is 15.4. The molecule has 0 spiro atoms. The summed E-state index contributed by atoms with van der Waals surface area (Å²) in [6.45, 7) is 6.77. The van der Waals surface area contributed by atoms with Crippen molar-refractivity contribution in [3.8, 4) is 0 Å². The second kappa shape index (κ2) is 10.3. The smallest absolute Gasteiger partial charge is 0.335 e. The minimum Gasteiger partial charge on any atom is -0.478 e. The van der Waals surface area contributed by atoms with Crippen molar-refractivity contribution in [1.82, 2.24) is 9.78 Å². The Labute approximate surface area is 211 Å². The first-order chi connectivity index (χ1) is 17.6. The van der Waals surface area contributed by atoms with Crippen LogP contribution in [0.3, 0.4) is 0 Å². The number of carboxylic acids is 1. The minimum absolute atomic E-state index is 0.0350. The summed E-state index contributed by atoms with van der Waals surface area (Å²) in [4.78, 5) is 11.9. The van der Waals surface area contributed by atoms with E-state index in [0.717, 1.165) is 71.0 Å². The first kappa shape index (κ1) is 23.8. The molecule has 36 heavy (non-hydrogen) atoms. The molecule has 2 heterocycles. The maximum Gasteiger partial charge on any atom is 0.335 e. The van der Waals surface area contributed by atoms with Crippen LogP contribution in [0.2, 0.25) is 0 Å². The number of hydrogen-bond donors (Lipinski definition) is 1. The number of carboxylic acid groups (broad SMARTS) is 1. The third-order valence-electron chi connectivity index (χ3n) is 6.87. The average molecular weight is 479 g/mol. The third kappa shape index (κ3) is 4.50. The third-order valence-corrected chi connectivity index (χ3v) is 6.87. The number of allylic oxidation sites excluding steroid dienone is 1. The van der Waals surface area contributed by atoms with Gasteiger partial charge < -0.3 is 9.84 Å². The van der Waals surface area contributed by atoms with Crippen molar-refractivity contribution in [1.29, 1.82) is 0 Å². The summed E-state index contributed by atoms with van der Waals surface area (Å²) in [5.74, 6) is -1.02. The van der Waals surface area contributed by atoms with Crippen LogP contribution < -0.4 is 0 Å². The molecule has 0 bridgehead atoms. The van der Waals surface area contributed by atoms with Crippen molar-refractivity contribution in [2.45, 2.75) is 38.8 Å². The van der Waals surface area contributed by atoms with Crippen LogP contribution in [0.4, 0.5) is 0 Å². The van der Waals surface area contributed by atoms with Crippen LogP contribution in [0, 0.1) is 0 Å². The van der Waals surface area contributed by atoms with Gasteiger partial charge in [-0.2, -0.15) is 5.10 Å². The van der Waals surface area contributed by atoms with E-state index in [1.165, 1.54) is 0 Å². The largest absolute Gasteiger partial charge is 0.478 e. The Morgan fingerprint density at radius 3 is 2.47 bits per heavy atom. The zero-order valence-electron chi connectivity index (χ0n) is 20.5. The highest BCUT2D eigenvalue weighted by Gasteiger charge is 2.22. The molecule has 5 rings (SSSR count). The number of aliphatic carboxylic acids is 1. The zero-order valence-corrected chi connectivity index (χ0v) is 20.5. The summed E-state index contributed by atoms with van der Waals surface area (Å²) in [6.07, 6.45) is 5.83. The van der Waals surface area contributed by atoms with Crippen molar-refractivity contribution >= 4 is 33.6 Å². The van der Waals surface area contributed by atoms with Crippen molar-refractivity contribution in [2.24, 2.45) is 0 Å². The first-order valence-corrected chi connectivity index (χ1v) is 12.5. The van der Waals surface area contributed by atoms with Crippen molar-refractivity contribution in [3.05, 3.63) is 108 Å². The Kier molecular flexibility index (Phi) is 6.83. The number of carbonyl (C=O) groups is 1. The minimum atomic E-state index is -1.02. The van der Waals surface area contributed by atoms with Crippen LogP contribution in [0.15, 0.2) is 85.6 Å². The SMILES string of the molecule is C=C(C(=O)O)c1ccccc1/C(=C(\CC)c1ccccc1)c1ccc2c(cnn2C2CCCCO2)c1. The van der Waals surface area contributed by atoms with E-state index in [0.29, 0.717) is 5.56 Å². The summed E-state index contributed by atoms with van der Waals surface area (Å²) >= 11 is 0. The van der Waals surface area contributed by atoms with E-state index >= 15 is 0 Å². The van der Waals surface area contributed by atoms with Gasteiger partial charge in [-0.3, -0.25) is 0 Å². The van der Waals surface area contributed by atoms with Crippen LogP contribution in [-0.4, -0.2) is 27.5 Å². The molecule has 1 aromatic heterocycles. The van der Waals surface area contributed by atoms with Crippen LogP contribution in [0.1, 0.15) is 61.1 Å². The fourth-order valence-electron chi connectivity index (χ4n) is 5.09. The molecule has 1 N–H and O–H groups in total. The zero-order chi connectivity index (χ0) is 25.1. The lowest BCUT2D eigenvalue weighted by molar-refractivity contribution is -0.130. The van der Waals surface area contributed by atoms with Crippen molar-refractivity contribution < 1.29 is 14.6 Å². The van der Waals surface area contributed by atoms with Crippen LogP contribution >= 0.6 is 0 Å². The van der Waals surface area contributed by atoms with Gasteiger partial charge in [-0.05, 0) is 71.2 Å². The Bertz CT molecular complexity index is 1440. The molecule has 0 aliphatic carbocycles. The Hall–Kier alpha value is -3.96. The van der Waals surface area contributed by atoms with E-state index in [4.69, 9.17) is 4.74 Å². The van der Waals surface area contributed by atoms with Crippen molar-refractivity contribution in [3.63, 3.8) is 0 Å². The van der Waals surface area contributed by atoms with Gasteiger partial charge in [0.25, 0.3) is 0 Å². The molecular formula is C31H30N2O3. The molecule has 0 radical (unpaired) electrons. The fraction of sp³-hybridized carbons (Fsp3) is 0.226. The molecular weight excluding hydrogens is 448 g/mol. The Balaban J connectivity index is 1.72. The highest BCUT2D eigenvalue weighted by Crippen LogP contribution is 2.39. The van der Waals surface area contributed by atoms with E-state index in [1.807, 2.05) is 53.3 Å². The second-order valence-electron chi connectivity index (χ2n) is 9.09. The first-order valence-electron chi connectivity index (χ1n) is 12.5. The van der Waals surface area contributed by atoms with E-state index in [2.05, 4.69) is 48.9 Å². The number of benzene rings is 3. The molecule has 0 saturated carbocycles. The monoisotopic (exact) mass is 478 g/mol. The van der Waals surface area contributed by atoms with E-state index in [9.17, 15) is 9.90 Å². The fourth-order valence-corrected chi connectivity index (χ4v) is 5.09. The molecule has 3 aromatic carbocycles. The maximum atomic E-state index is 11.9. The predicted octanol–water partition coefficient (Wildman–Crippen LogP) is 7.20. The molecule has 1 atom stereocenters. The lowest BCUT2D eigenvalue weighted by atomic mass is 9.84. The van der Waals surface area contributed by atoms with Crippen LogP contribution in [0.25, 0.3) is 27.6 Å². The van der Waals surface area contributed by atoms with Gasteiger partial charge in [-0.25, -0.2) is 9.48 Å². The number of aromatic nitrogens is 2. The summed E-state index contributed by atoms with van der Waals surface area (Å²) in [7, 11) is 0. The van der Waals surface area contributed by atoms with Crippen molar-refractivity contribution in [2.75, 3.05) is 6.61 Å². The molecule has 0 amide bonds. The van der Waals surface area contributed by atoms with Gasteiger partial charge in [-0.1, -0.05) is 74.2 Å². The summed E-state index contributed by atoms with van der Waals surface area (Å²) in [6, 6.07) is 24.3. The van der Waals surface area contributed by atoms with Gasteiger partial charge in [0.1, 0.15) is 0 Å². The number of rotatable bonds is 7. The Morgan fingerprint density at radius 1 is 1.03 bits per heavy atom. The number of ether oxygens (including phenoxy) is 1. The van der Waals surface area contributed by atoms with E-state index in [-0.39, 0.29) is 11.8 Å². The van der Waals surface area contributed by atoms with Crippen LogP contribution in [-0.2, 0) is 9.53 Å². The highest BCUT2D eigenvalue weighted by atomic mass is 16.5. The molecule has 5 heteroatoms. The predicted molar refractivity (Wildman–Crippen MR) is 144 cm³/mol. The lowest BCUT2D eigenvalue weighted by Crippen LogP contribution is -2.18. The normalized spacial score (nSPS) is 16.5. The molecule has 5 nitrogen and oxygen atoms in total. The number of hydrogen-bond acceptors (Lipinski definition) is 3. The molecule has 1 aliphatic heterocycles. The standard InChI is InChI=1S/C31H30N2O3/c1-3-25(22-11-5-4-6-12-22)30(27-14-8-7-13-26(27)21(2)31(34)35)23-16-17-28-24(19-23)20-32-33(28)29-15-9-10-18-36-29/h4-8,11-14,16-17,19-20,29H,2-3,9-10,15,18H2,1H3,(H,34,35)/b30-25+. The van der Waals surface area contributed by atoms with Crippen LogP contribution in [0.5, 0.6) is 0 Å². The van der Waals surface area contributed by atoms with E-state index in [1.54, 1.807) is 0 Å². The molecule has 1 unspecified atom stereocenters. The number of fused-ring (bicyclic) bond motifs is 1. The summed E-state index contributed by atoms with van der Waals surface area (Å²) < 4.78 is 7.97. The van der Waals surface area contributed by atoms with E-state index < -0.39 is 5.97 Å². The topological polar surface area (TPSA) is 64.3 Å². The quantitative estimate of drug-likeness (QED) is 0.225. The molecule has 182 valence electrons. The van der Waals surface area contributed by atoms with Gasteiger partial charge in [0, 0.05) is 12.0 Å². The summed E-state index contributed by atoms with van der Waals surface area (Å²) in [5.41, 5.74) is 6.85. The molecule has 1 fully saturated rings. The van der Waals surface area contributed by atoms with Gasteiger partial charge >= 0.3 is 5.97 Å². The molecule has 1 saturated heterocycles. The number of nitrogens with zero attached hydrogens (tertiary/aromatic N) is 2.